The molecule has 1 aliphatic carbocycles. The standard InChI is InChI=1S/C13H22N2O2S2.ClH/c1-9-7-10(2)18-13(9)19(16,17)15-12-6-4-3-5-11(12)8-14;/h7,11-12,15H,3-6,8,14H2,1-2H3;1H. The highest BCUT2D eigenvalue weighted by Gasteiger charge is 2.30. The predicted molar refractivity (Wildman–Crippen MR) is 86.2 cm³/mol. The molecule has 1 saturated carbocycles. The summed E-state index contributed by atoms with van der Waals surface area (Å²) in [5, 5.41) is 0. The van der Waals surface area contributed by atoms with Crippen LogP contribution in [0.25, 0.3) is 0 Å². The van der Waals surface area contributed by atoms with Crippen molar-refractivity contribution in [3.05, 3.63) is 16.5 Å². The Labute approximate surface area is 131 Å². The van der Waals surface area contributed by atoms with Crippen LogP contribution in [-0.4, -0.2) is 21.0 Å². The van der Waals surface area contributed by atoms with Gasteiger partial charge in [-0.3, -0.25) is 0 Å². The number of nitrogens with two attached hydrogens (primary N) is 1. The van der Waals surface area contributed by atoms with Crippen LogP contribution in [0.4, 0.5) is 0 Å². The lowest BCUT2D eigenvalue weighted by atomic mass is 9.85. The van der Waals surface area contributed by atoms with Crippen molar-refractivity contribution in [1.82, 2.24) is 4.72 Å². The fourth-order valence-electron chi connectivity index (χ4n) is 2.78. The highest BCUT2D eigenvalue weighted by atomic mass is 35.5. The Morgan fingerprint density at radius 2 is 2.00 bits per heavy atom. The molecule has 0 aromatic carbocycles. The van der Waals surface area contributed by atoms with Crippen LogP contribution in [0.2, 0.25) is 0 Å². The molecule has 0 radical (unpaired) electrons. The van der Waals surface area contributed by atoms with Crippen LogP contribution in [0.1, 0.15) is 36.1 Å². The molecule has 0 amide bonds. The van der Waals surface area contributed by atoms with Gasteiger partial charge in [-0.2, -0.15) is 0 Å². The number of aryl methyl sites for hydroxylation is 2. The molecule has 1 heterocycles. The van der Waals surface area contributed by atoms with Gasteiger partial charge in [-0.25, -0.2) is 13.1 Å². The summed E-state index contributed by atoms with van der Waals surface area (Å²) in [7, 11) is -3.40. The zero-order chi connectivity index (χ0) is 14.0. The van der Waals surface area contributed by atoms with E-state index in [4.69, 9.17) is 5.73 Å². The average molecular weight is 339 g/mol. The van der Waals surface area contributed by atoms with E-state index in [2.05, 4.69) is 4.72 Å². The molecule has 3 N–H and O–H groups in total. The fourth-order valence-corrected chi connectivity index (χ4v) is 5.81. The maximum Gasteiger partial charge on any atom is 0.250 e. The van der Waals surface area contributed by atoms with Crippen molar-refractivity contribution in [2.75, 3.05) is 6.54 Å². The van der Waals surface area contributed by atoms with Gasteiger partial charge in [0.25, 0.3) is 10.0 Å². The van der Waals surface area contributed by atoms with Crippen LogP contribution in [-0.2, 0) is 10.0 Å². The van der Waals surface area contributed by atoms with Gasteiger partial charge in [0.15, 0.2) is 0 Å². The lowest BCUT2D eigenvalue weighted by Crippen LogP contribution is -2.44. The molecule has 2 unspecified atom stereocenters. The normalized spacial score (nSPS) is 23.4. The van der Waals surface area contributed by atoms with Crippen LogP contribution < -0.4 is 10.5 Å². The predicted octanol–water partition coefficient (Wildman–Crippen LogP) is 2.58. The first kappa shape index (κ1) is 17.9. The van der Waals surface area contributed by atoms with Gasteiger partial charge in [-0.05, 0) is 50.8 Å². The molecule has 1 aromatic heterocycles. The van der Waals surface area contributed by atoms with Crippen molar-refractivity contribution in [1.29, 1.82) is 0 Å². The average Bonchev–Trinajstić information content (AvgIpc) is 2.69. The Bertz CT molecular complexity index is 543. The van der Waals surface area contributed by atoms with Crippen LogP contribution in [0.5, 0.6) is 0 Å². The van der Waals surface area contributed by atoms with Crippen molar-refractivity contribution in [3.8, 4) is 0 Å². The van der Waals surface area contributed by atoms with Gasteiger partial charge in [0.2, 0.25) is 0 Å². The van der Waals surface area contributed by atoms with E-state index in [-0.39, 0.29) is 24.4 Å². The minimum absolute atomic E-state index is 0. The van der Waals surface area contributed by atoms with Crippen molar-refractivity contribution >= 4 is 33.8 Å². The second kappa shape index (κ2) is 7.22. The third-order valence-corrected chi connectivity index (χ3v) is 7.04. The SMILES string of the molecule is Cc1cc(C)c(S(=O)(=O)NC2CCCCC2CN)s1.Cl. The first-order chi connectivity index (χ1) is 8.94. The first-order valence-corrected chi connectivity index (χ1v) is 9.03. The zero-order valence-electron chi connectivity index (χ0n) is 11.9. The van der Waals surface area contributed by atoms with E-state index in [0.717, 1.165) is 36.1 Å². The molecule has 2 atom stereocenters. The van der Waals surface area contributed by atoms with Crippen molar-refractivity contribution < 1.29 is 8.42 Å². The molecule has 20 heavy (non-hydrogen) atoms. The van der Waals surface area contributed by atoms with E-state index in [1.54, 1.807) is 0 Å². The van der Waals surface area contributed by atoms with Gasteiger partial charge in [0.1, 0.15) is 4.21 Å². The molecule has 4 nitrogen and oxygen atoms in total. The Kier molecular flexibility index (Phi) is 6.47. The van der Waals surface area contributed by atoms with Gasteiger partial charge in [-0.15, -0.1) is 23.7 Å². The molecular weight excluding hydrogens is 316 g/mol. The van der Waals surface area contributed by atoms with Gasteiger partial charge >= 0.3 is 0 Å². The molecule has 0 bridgehead atoms. The summed E-state index contributed by atoms with van der Waals surface area (Å²) in [4.78, 5) is 1.02. The van der Waals surface area contributed by atoms with Gasteiger partial charge < -0.3 is 5.73 Å². The summed E-state index contributed by atoms with van der Waals surface area (Å²) in [5.74, 6) is 0.268. The Morgan fingerprint density at radius 3 is 2.55 bits per heavy atom. The molecule has 2 rings (SSSR count). The van der Waals surface area contributed by atoms with Crippen molar-refractivity contribution in [3.63, 3.8) is 0 Å². The third kappa shape index (κ3) is 3.95. The molecule has 1 fully saturated rings. The maximum absolute atomic E-state index is 12.5. The monoisotopic (exact) mass is 338 g/mol. The lowest BCUT2D eigenvalue weighted by Gasteiger charge is -2.30. The lowest BCUT2D eigenvalue weighted by molar-refractivity contribution is 0.296. The number of nitrogens with one attached hydrogen (secondary N) is 1. The van der Waals surface area contributed by atoms with E-state index in [0.29, 0.717) is 10.8 Å². The van der Waals surface area contributed by atoms with Crippen molar-refractivity contribution in [2.24, 2.45) is 11.7 Å². The number of halogens is 1. The summed E-state index contributed by atoms with van der Waals surface area (Å²) in [5.41, 5.74) is 6.58. The van der Waals surface area contributed by atoms with Crippen LogP contribution in [0.15, 0.2) is 10.3 Å². The summed E-state index contributed by atoms with van der Waals surface area (Å²) in [6.45, 7) is 4.33. The number of thiophene rings is 1. The van der Waals surface area contributed by atoms with Gasteiger partial charge in [-0.1, -0.05) is 12.8 Å². The first-order valence-electron chi connectivity index (χ1n) is 6.73. The van der Waals surface area contributed by atoms with Crippen LogP contribution in [0.3, 0.4) is 0 Å². The molecule has 7 heteroatoms. The summed E-state index contributed by atoms with van der Waals surface area (Å²) in [6, 6.07) is 1.91. The molecular formula is C13H23ClN2O2S2. The van der Waals surface area contributed by atoms with E-state index >= 15 is 0 Å². The third-order valence-electron chi connectivity index (χ3n) is 3.76. The highest BCUT2D eigenvalue weighted by molar-refractivity contribution is 7.91. The van der Waals surface area contributed by atoms with E-state index < -0.39 is 10.0 Å². The molecule has 0 spiro atoms. The second-order valence-corrected chi connectivity index (χ2v) is 8.50. The number of hydrogen-bond donors (Lipinski definition) is 2. The molecule has 0 saturated heterocycles. The van der Waals surface area contributed by atoms with Gasteiger partial charge in [0.05, 0.1) is 0 Å². The molecule has 0 aliphatic heterocycles. The van der Waals surface area contributed by atoms with E-state index in [9.17, 15) is 8.42 Å². The smallest absolute Gasteiger partial charge is 0.250 e. The quantitative estimate of drug-likeness (QED) is 0.886. The maximum atomic E-state index is 12.5. The van der Waals surface area contributed by atoms with Gasteiger partial charge in [0, 0.05) is 10.9 Å². The fraction of sp³-hybridized carbons (Fsp3) is 0.692. The second-order valence-electron chi connectivity index (χ2n) is 5.34. The summed E-state index contributed by atoms with van der Waals surface area (Å²) >= 11 is 1.34. The topological polar surface area (TPSA) is 72.2 Å². The Morgan fingerprint density at radius 1 is 1.35 bits per heavy atom. The summed E-state index contributed by atoms with van der Waals surface area (Å²) < 4.78 is 28.2. The minimum atomic E-state index is -3.40. The summed E-state index contributed by atoms with van der Waals surface area (Å²) in [6.07, 6.45) is 4.14. The number of rotatable bonds is 4. The minimum Gasteiger partial charge on any atom is -0.330 e. The Balaban J connectivity index is 0.00000200. The molecule has 1 aromatic rings. The number of hydrogen-bond acceptors (Lipinski definition) is 4. The van der Waals surface area contributed by atoms with Crippen LogP contribution >= 0.6 is 23.7 Å². The largest absolute Gasteiger partial charge is 0.330 e. The number of sulfonamides is 1. The molecule has 116 valence electrons. The zero-order valence-corrected chi connectivity index (χ0v) is 14.3. The van der Waals surface area contributed by atoms with Crippen LogP contribution in [0, 0.1) is 19.8 Å². The van der Waals surface area contributed by atoms with E-state index in [1.807, 2.05) is 19.9 Å². The van der Waals surface area contributed by atoms with E-state index in [1.165, 1.54) is 11.3 Å². The van der Waals surface area contributed by atoms with Crippen molar-refractivity contribution in [2.45, 2.75) is 49.8 Å². The highest BCUT2D eigenvalue weighted by Crippen LogP contribution is 2.29. The Hall–Kier alpha value is -0.140. The molecule has 1 aliphatic rings.